The highest BCUT2D eigenvalue weighted by atomic mass is 35.5. The number of amides is 1. The third-order valence-corrected chi connectivity index (χ3v) is 2.82. The lowest BCUT2D eigenvalue weighted by atomic mass is 10.3. The number of nitrogens with zero attached hydrogens (tertiary/aromatic N) is 3. The van der Waals surface area contributed by atoms with Gasteiger partial charge in [0, 0.05) is 6.20 Å². The number of carbonyl (C=O) groups is 1. The molecule has 2 aromatic rings. The van der Waals surface area contributed by atoms with Crippen LogP contribution in [0, 0.1) is 0 Å². The van der Waals surface area contributed by atoms with Gasteiger partial charge in [-0.3, -0.25) is 9.78 Å². The van der Waals surface area contributed by atoms with Crippen LogP contribution >= 0.6 is 23.8 Å². The van der Waals surface area contributed by atoms with Gasteiger partial charge in [-0.25, -0.2) is 15.8 Å². The van der Waals surface area contributed by atoms with E-state index in [9.17, 15) is 4.79 Å². The quantitative estimate of drug-likeness (QED) is 0.289. The summed E-state index contributed by atoms with van der Waals surface area (Å²) in [6.45, 7) is 0. The molecule has 2 rings (SSSR count). The Labute approximate surface area is 125 Å². The first-order valence-electron chi connectivity index (χ1n) is 5.50. The summed E-state index contributed by atoms with van der Waals surface area (Å²) in [6, 6.07) is 8.20. The van der Waals surface area contributed by atoms with Crippen LogP contribution in [-0.2, 0) is 0 Å². The molecular formula is C12H10ClN5OS. The Bertz CT molecular complexity index is 620. The Kier molecular flexibility index (Phi) is 4.57. The van der Waals surface area contributed by atoms with Crippen LogP contribution in [0.4, 0.5) is 5.69 Å². The van der Waals surface area contributed by atoms with E-state index in [-0.39, 0.29) is 10.8 Å². The van der Waals surface area contributed by atoms with Crippen LogP contribution in [-0.4, -0.2) is 26.0 Å². The number of thiocarbonyl (C=S) groups is 1. The maximum atomic E-state index is 12.0. The van der Waals surface area contributed by atoms with Crippen LogP contribution < -0.4 is 11.2 Å². The number of hydrazine groups is 1. The molecule has 0 bridgehead atoms. The minimum Gasteiger partial charge on any atom is -0.330 e. The van der Waals surface area contributed by atoms with Crippen molar-refractivity contribution in [3.05, 3.63) is 53.6 Å². The Morgan fingerprint density at radius 3 is 2.70 bits per heavy atom. The van der Waals surface area contributed by atoms with Gasteiger partial charge in [-0.05, 0) is 36.5 Å². The molecule has 0 aliphatic heterocycles. The van der Waals surface area contributed by atoms with Gasteiger partial charge in [-0.1, -0.05) is 17.7 Å². The summed E-state index contributed by atoms with van der Waals surface area (Å²) in [5, 5.41) is 3.98. The number of carbonyl (C=O) groups excluding carboxylic acids is 1. The van der Waals surface area contributed by atoms with Crippen LogP contribution in [0.3, 0.4) is 0 Å². The average Bonchev–Trinajstić information content (AvgIpc) is 2.49. The fourth-order valence-corrected chi connectivity index (χ4v) is 1.65. The number of rotatable bonds is 2. The number of aromatic nitrogens is 2. The second kappa shape index (κ2) is 6.38. The number of hydrogen-bond acceptors (Lipinski definition) is 5. The van der Waals surface area contributed by atoms with Crippen molar-refractivity contribution in [3.63, 3.8) is 0 Å². The van der Waals surface area contributed by atoms with Gasteiger partial charge >= 0.3 is 0 Å². The Morgan fingerprint density at radius 1 is 1.30 bits per heavy atom. The van der Waals surface area contributed by atoms with E-state index in [1.807, 2.05) is 0 Å². The molecule has 0 aromatic carbocycles. The molecule has 0 saturated carbocycles. The van der Waals surface area contributed by atoms with Gasteiger partial charge in [-0.15, -0.1) is 0 Å². The summed E-state index contributed by atoms with van der Waals surface area (Å²) >= 11 is 10.7. The van der Waals surface area contributed by atoms with Crippen LogP contribution in [0.15, 0.2) is 42.7 Å². The average molecular weight is 308 g/mol. The number of nitrogens with one attached hydrogen (secondary N) is 1. The van der Waals surface area contributed by atoms with Gasteiger partial charge in [-0.2, -0.15) is 0 Å². The molecule has 0 spiro atoms. The van der Waals surface area contributed by atoms with E-state index in [2.05, 4.69) is 15.3 Å². The van der Waals surface area contributed by atoms with Gasteiger partial charge in [0.15, 0.2) is 5.11 Å². The molecule has 2 aromatic heterocycles. The van der Waals surface area contributed by atoms with Crippen LogP contribution in [0.1, 0.15) is 10.5 Å². The van der Waals surface area contributed by atoms with Crippen molar-refractivity contribution >= 4 is 40.5 Å². The molecule has 102 valence electrons. The maximum absolute atomic E-state index is 12.0. The zero-order valence-electron chi connectivity index (χ0n) is 10.2. The molecule has 0 fully saturated rings. The SMILES string of the molecule is NN(C(=O)c1ccccn1)C(=S)Nc1ccc(Cl)nc1. The van der Waals surface area contributed by atoms with Crippen molar-refractivity contribution in [1.29, 1.82) is 0 Å². The molecule has 3 N–H and O–H groups in total. The molecule has 0 aliphatic carbocycles. The van der Waals surface area contributed by atoms with Crippen molar-refractivity contribution in [2.45, 2.75) is 0 Å². The number of pyridine rings is 2. The van der Waals surface area contributed by atoms with Crippen molar-refractivity contribution in [1.82, 2.24) is 15.0 Å². The van der Waals surface area contributed by atoms with Crippen LogP contribution in [0.2, 0.25) is 5.15 Å². The van der Waals surface area contributed by atoms with Gasteiger partial charge in [0.1, 0.15) is 10.8 Å². The van der Waals surface area contributed by atoms with E-state index >= 15 is 0 Å². The minimum absolute atomic E-state index is 0.0322. The van der Waals surface area contributed by atoms with Gasteiger partial charge in [0.2, 0.25) is 0 Å². The Morgan fingerprint density at radius 2 is 2.10 bits per heavy atom. The molecule has 0 radical (unpaired) electrons. The number of anilines is 1. The topological polar surface area (TPSA) is 84.1 Å². The normalized spacial score (nSPS) is 9.90. The van der Waals surface area contributed by atoms with Crippen molar-refractivity contribution in [2.24, 2.45) is 5.84 Å². The first kappa shape index (κ1) is 14.3. The van der Waals surface area contributed by atoms with Crippen LogP contribution in [0.5, 0.6) is 0 Å². The molecule has 2 heterocycles. The van der Waals surface area contributed by atoms with Crippen molar-refractivity contribution < 1.29 is 4.79 Å². The van der Waals surface area contributed by atoms with Gasteiger partial charge in [0.25, 0.3) is 5.91 Å². The highest BCUT2D eigenvalue weighted by Gasteiger charge is 2.17. The summed E-state index contributed by atoms with van der Waals surface area (Å²) in [4.78, 5) is 19.8. The largest absolute Gasteiger partial charge is 0.330 e. The second-order valence-electron chi connectivity index (χ2n) is 3.69. The standard InChI is InChI=1S/C12H10ClN5OS/c13-10-5-4-8(7-16-10)17-12(20)18(14)11(19)9-3-1-2-6-15-9/h1-7H,14H2,(H,17,20). The lowest BCUT2D eigenvalue weighted by molar-refractivity contribution is 0.0844. The van der Waals surface area contributed by atoms with Crippen LogP contribution in [0.25, 0.3) is 0 Å². The van der Waals surface area contributed by atoms with E-state index < -0.39 is 5.91 Å². The third kappa shape index (κ3) is 3.47. The molecule has 20 heavy (non-hydrogen) atoms. The molecule has 6 nitrogen and oxygen atoms in total. The van der Waals surface area contributed by atoms with Crippen molar-refractivity contribution in [3.8, 4) is 0 Å². The van der Waals surface area contributed by atoms with Crippen molar-refractivity contribution in [2.75, 3.05) is 5.32 Å². The summed E-state index contributed by atoms with van der Waals surface area (Å²) < 4.78 is 0. The molecule has 0 atom stereocenters. The zero-order chi connectivity index (χ0) is 14.5. The summed E-state index contributed by atoms with van der Waals surface area (Å²) in [5.74, 6) is 5.15. The smallest absolute Gasteiger partial charge is 0.292 e. The number of halogens is 1. The molecule has 1 amide bonds. The highest BCUT2D eigenvalue weighted by Crippen LogP contribution is 2.10. The van der Waals surface area contributed by atoms with E-state index in [1.54, 1.807) is 30.3 Å². The molecule has 0 aliphatic rings. The summed E-state index contributed by atoms with van der Waals surface area (Å²) in [5.41, 5.74) is 0.775. The molecular weight excluding hydrogens is 298 g/mol. The molecule has 8 heteroatoms. The molecule has 0 unspecified atom stereocenters. The Balaban J connectivity index is 2.05. The fraction of sp³-hybridized carbons (Fsp3) is 0. The number of hydrogen-bond donors (Lipinski definition) is 2. The monoisotopic (exact) mass is 307 g/mol. The minimum atomic E-state index is -0.509. The highest BCUT2D eigenvalue weighted by molar-refractivity contribution is 7.80. The summed E-state index contributed by atoms with van der Waals surface area (Å²) in [7, 11) is 0. The van der Waals surface area contributed by atoms with E-state index in [4.69, 9.17) is 29.7 Å². The lowest BCUT2D eigenvalue weighted by Crippen LogP contribution is -2.45. The van der Waals surface area contributed by atoms with Gasteiger partial charge < -0.3 is 5.32 Å². The molecule has 0 saturated heterocycles. The third-order valence-electron chi connectivity index (χ3n) is 2.30. The van der Waals surface area contributed by atoms with E-state index in [0.29, 0.717) is 10.8 Å². The predicted octanol–water partition coefficient (Wildman–Crippen LogP) is 1.84. The fourth-order valence-electron chi connectivity index (χ4n) is 1.34. The first-order chi connectivity index (χ1) is 9.58. The predicted molar refractivity (Wildman–Crippen MR) is 80.1 cm³/mol. The second-order valence-corrected chi connectivity index (χ2v) is 4.46. The van der Waals surface area contributed by atoms with E-state index in [0.717, 1.165) is 5.01 Å². The van der Waals surface area contributed by atoms with Gasteiger partial charge in [0.05, 0.1) is 11.9 Å². The number of nitrogens with two attached hydrogens (primary N) is 1. The Hall–Kier alpha value is -2.09. The first-order valence-corrected chi connectivity index (χ1v) is 6.29. The van der Waals surface area contributed by atoms with E-state index in [1.165, 1.54) is 12.4 Å². The zero-order valence-corrected chi connectivity index (χ0v) is 11.7. The summed E-state index contributed by atoms with van der Waals surface area (Å²) in [6.07, 6.45) is 2.98. The lowest BCUT2D eigenvalue weighted by Gasteiger charge is -2.17. The maximum Gasteiger partial charge on any atom is 0.292 e.